The normalized spacial score (nSPS) is 10.2. The largest absolute Gasteiger partial charge is 0.379 e. The molecule has 0 aliphatic carbocycles. The molecule has 0 radical (unpaired) electrons. The summed E-state index contributed by atoms with van der Waals surface area (Å²) in [5.41, 5.74) is 0.974. The summed E-state index contributed by atoms with van der Waals surface area (Å²) in [7, 11) is 1.75. The van der Waals surface area contributed by atoms with Gasteiger partial charge in [-0.2, -0.15) is 0 Å². The Kier molecular flexibility index (Phi) is 2.87. The topological polar surface area (TPSA) is 34.0 Å². The Bertz CT molecular complexity index is 488. The van der Waals surface area contributed by atoms with E-state index in [-0.39, 0.29) is 5.56 Å². The van der Waals surface area contributed by atoms with Crippen molar-refractivity contribution in [3.8, 4) is 0 Å². The molecular formula is C11H12N2OS. The van der Waals surface area contributed by atoms with Crippen molar-refractivity contribution in [1.29, 1.82) is 0 Å². The molecule has 0 amide bonds. The quantitative estimate of drug-likeness (QED) is 0.859. The van der Waals surface area contributed by atoms with Crippen LogP contribution in [-0.2, 0) is 13.6 Å². The number of nitrogens with one attached hydrogen (secondary N) is 1. The molecule has 2 aromatic heterocycles. The van der Waals surface area contributed by atoms with Crippen molar-refractivity contribution >= 4 is 17.0 Å². The van der Waals surface area contributed by atoms with Crippen LogP contribution in [0, 0.1) is 0 Å². The number of pyridine rings is 1. The van der Waals surface area contributed by atoms with Crippen LogP contribution < -0.4 is 10.9 Å². The number of thiophene rings is 1. The van der Waals surface area contributed by atoms with E-state index >= 15 is 0 Å². The molecule has 0 aromatic carbocycles. The van der Waals surface area contributed by atoms with Gasteiger partial charge in [0.15, 0.2) is 0 Å². The molecule has 1 N–H and O–H groups in total. The predicted octanol–water partition coefficient (Wildman–Crippen LogP) is 2.06. The van der Waals surface area contributed by atoms with Crippen molar-refractivity contribution < 1.29 is 0 Å². The van der Waals surface area contributed by atoms with E-state index in [0.717, 1.165) is 12.2 Å². The Morgan fingerprint density at radius 3 is 2.93 bits per heavy atom. The molecule has 3 nitrogen and oxygen atoms in total. The van der Waals surface area contributed by atoms with Gasteiger partial charge in [0.2, 0.25) is 5.56 Å². The Morgan fingerprint density at radius 2 is 2.27 bits per heavy atom. The molecule has 0 spiro atoms. The molecule has 2 aromatic rings. The van der Waals surface area contributed by atoms with Crippen LogP contribution in [0.1, 0.15) is 4.88 Å². The van der Waals surface area contributed by atoms with E-state index in [1.54, 1.807) is 41.3 Å². The highest BCUT2D eigenvalue weighted by Gasteiger charge is 1.96. The molecule has 0 aliphatic rings. The fraction of sp³-hybridized carbons (Fsp3) is 0.182. The molecule has 0 atom stereocenters. The van der Waals surface area contributed by atoms with Crippen LogP contribution in [0.25, 0.3) is 0 Å². The fourth-order valence-electron chi connectivity index (χ4n) is 1.30. The molecule has 0 fully saturated rings. The molecule has 4 heteroatoms. The molecule has 15 heavy (non-hydrogen) atoms. The summed E-state index contributed by atoms with van der Waals surface area (Å²) >= 11 is 1.72. The second-order valence-electron chi connectivity index (χ2n) is 3.30. The van der Waals surface area contributed by atoms with Crippen molar-refractivity contribution in [1.82, 2.24) is 4.57 Å². The van der Waals surface area contributed by atoms with Crippen LogP contribution in [0.4, 0.5) is 5.69 Å². The van der Waals surface area contributed by atoms with Crippen LogP contribution in [0.2, 0.25) is 0 Å². The summed E-state index contributed by atoms with van der Waals surface area (Å²) in [6.07, 6.45) is 1.80. The monoisotopic (exact) mass is 220 g/mol. The van der Waals surface area contributed by atoms with Crippen molar-refractivity contribution in [2.75, 3.05) is 5.32 Å². The van der Waals surface area contributed by atoms with Gasteiger partial charge in [-0.1, -0.05) is 6.07 Å². The third kappa shape index (κ3) is 2.47. The molecule has 0 saturated heterocycles. The zero-order valence-electron chi connectivity index (χ0n) is 8.43. The number of nitrogens with zero attached hydrogens (tertiary/aromatic N) is 1. The van der Waals surface area contributed by atoms with Crippen molar-refractivity contribution in [2.24, 2.45) is 7.05 Å². The first kappa shape index (κ1) is 9.98. The minimum atomic E-state index is 0.0108. The number of rotatable bonds is 3. The SMILES string of the molecule is Cn1cc(NCc2cccs2)ccc1=O. The lowest BCUT2D eigenvalue weighted by Gasteiger charge is -2.05. The fourth-order valence-corrected chi connectivity index (χ4v) is 1.95. The van der Waals surface area contributed by atoms with Crippen molar-refractivity contribution in [2.45, 2.75) is 6.54 Å². The number of aromatic nitrogens is 1. The maximum absolute atomic E-state index is 11.1. The predicted molar refractivity (Wildman–Crippen MR) is 63.3 cm³/mol. The molecule has 0 unspecified atom stereocenters. The molecule has 0 bridgehead atoms. The highest BCUT2D eigenvalue weighted by atomic mass is 32.1. The van der Waals surface area contributed by atoms with E-state index in [1.165, 1.54) is 4.88 Å². The first-order valence-electron chi connectivity index (χ1n) is 4.68. The summed E-state index contributed by atoms with van der Waals surface area (Å²) in [5.74, 6) is 0. The zero-order valence-corrected chi connectivity index (χ0v) is 9.25. The second-order valence-corrected chi connectivity index (χ2v) is 4.33. The molecule has 0 aliphatic heterocycles. The summed E-state index contributed by atoms with van der Waals surface area (Å²) in [6.45, 7) is 0.801. The Morgan fingerprint density at radius 1 is 1.40 bits per heavy atom. The number of hydrogen-bond donors (Lipinski definition) is 1. The number of aryl methyl sites for hydroxylation is 1. The van der Waals surface area contributed by atoms with Gasteiger partial charge in [0.05, 0.1) is 5.69 Å². The van der Waals surface area contributed by atoms with Crippen LogP contribution in [0.3, 0.4) is 0 Å². The van der Waals surface area contributed by atoms with Gasteiger partial charge in [0.1, 0.15) is 0 Å². The Hall–Kier alpha value is -1.55. The van der Waals surface area contributed by atoms with Crippen LogP contribution in [-0.4, -0.2) is 4.57 Å². The van der Waals surface area contributed by atoms with Gasteiger partial charge in [-0.25, -0.2) is 0 Å². The van der Waals surface area contributed by atoms with Gasteiger partial charge in [-0.3, -0.25) is 4.79 Å². The highest BCUT2D eigenvalue weighted by Crippen LogP contribution is 2.11. The molecule has 2 rings (SSSR count). The minimum Gasteiger partial charge on any atom is -0.379 e. The van der Waals surface area contributed by atoms with E-state index in [0.29, 0.717) is 0 Å². The second kappa shape index (κ2) is 4.31. The van der Waals surface area contributed by atoms with Gasteiger partial charge in [-0.05, 0) is 17.5 Å². The average molecular weight is 220 g/mol. The van der Waals surface area contributed by atoms with Crippen LogP contribution in [0.15, 0.2) is 40.6 Å². The van der Waals surface area contributed by atoms with Gasteiger partial charge in [-0.15, -0.1) is 11.3 Å². The smallest absolute Gasteiger partial charge is 0.250 e. The average Bonchev–Trinajstić information content (AvgIpc) is 2.73. The van der Waals surface area contributed by atoms with E-state index in [9.17, 15) is 4.79 Å². The van der Waals surface area contributed by atoms with E-state index < -0.39 is 0 Å². The van der Waals surface area contributed by atoms with E-state index in [4.69, 9.17) is 0 Å². The lowest BCUT2D eigenvalue weighted by Crippen LogP contribution is -2.15. The molecule has 78 valence electrons. The highest BCUT2D eigenvalue weighted by molar-refractivity contribution is 7.09. The summed E-state index contributed by atoms with van der Waals surface area (Å²) < 4.78 is 1.57. The van der Waals surface area contributed by atoms with Crippen LogP contribution >= 0.6 is 11.3 Å². The van der Waals surface area contributed by atoms with Gasteiger partial charge in [0.25, 0.3) is 0 Å². The van der Waals surface area contributed by atoms with Gasteiger partial charge >= 0.3 is 0 Å². The number of anilines is 1. The molecular weight excluding hydrogens is 208 g/mol. The summed E-state index contributed by atoms with van der Waals surface area (Å²) in [4.78, 5) is 12.4. The maximum atomic E-state index is 11.1. The van der Waals surface area contributed by atoms with Crippen molar-refractivity contribution in [3.63, 3.8) is 0 Å². The minimum absolute atomic E-state index is 0.0108. The van der Waals surface area contributed by atoms with Gasteiger partial charge < -0.3 is 9.88 Å². The third-order valence-corrected chi connectivity index (χ3v) is 3.01. The van der Waals surface area contributed by atoms with Gasteiger partial charge in [0, 0.05) is 30.7 Å². The zero-order chi connectivity index (χ0) is 10.7. The van der Waals surface area contributed by atoms with Crippen LogP contribution in [0.5, 0.6) is 0 Å². The lowest BCUT2D eigenvalue weighted by molar-refractivity contribution is 0.859. The molecule has 2 heterocycles. The van der Waals surface area contributed by atoms with E-state index in [2.05, 4.69) is 16.8 Å². The summed E-state index contributed by atoms with van der Waals surface area (Å²) in [6, 6.07) is 7.48. The number of hydrogen-bond acceptors (Lipinski definition) is 3. The Balaban J connectivity index is 2.05. The maximum Gasteiger partial charge on any atom is 0.250 e. The van der Waals surface area contributed by atoms with E-state index in [1.807, 2.05) is 6.07 Å². The van der Waals surface area contributed by atoms with Crippen molar-refractivity contribution in [3.05, 3.63) is 51.1 Å². The lowest BCUT2D eigenvalue weighted by atomic mass is 10.4. The molecule has 0 saturated carbocycles. The third-order valence-electron chi connectivity index (χ3n) is 2.13. The summed E-state index contributed by atoms with van der Waals surface area (Å²) in [5, 5.41) is 5.32. The first-order valence-corrected chi connectivity index (χ1v) is 5.56. The standard InChI is InChI=1S/C11H12N2OS/c1-13-8-9(4-5-11(13)14)12-7-10-3-2-6-15-10/h2-6,8,12H,7H2,1H3. The Labute approximate surface area is 92.0 Å². The first-order chi connectivity index (χ1) is 7.25.